The molecule has 1 heterocycles. The molecule has 0 saturated heterocycles. The van der Waals surface area contributed by atoms with E-state index in [1.54, 1.807) is 0 Å². The quantitative estimate of drug-likeness (QED) is 0.810. The van der Waals surface area contributed by atoms with Gasteiger partial charge >= 0.3 is 0 Å². The van der Waals surface area contributed by atoms with Crippen molar-refractivity contribution in [3.63, 3.8) is 0 Å². The van der Waals surface area contributed by atoms with Gasteiger partial charge in [0, 0.05) is 25.1 Å². The molecule has 5 nitrogen and oxygen atoms in total. The number of anilines is 1. The minimum absolute atomic E-state index is 0.0939. The van der Waals surface area contributed by atoms with Gasteiger partial charge in [-0.1, -0.05) is 0 Å². The van der Waals surface area contributed by atoms with Crippen molar-refractivity contribution in [3.8, 4) is 0 Å². The molecule has 0 spiro atoms. The number of ether oxygens (including phenoxy) is 1. The molecule has 0 amide bonds. The van der Waals surface area contributed by atoms with E-state index in [2.05, 4.69) is 15.3 Å². The Balaban J connectivity index is 2.02. The number of hydrogen-bond acceptors (Lipinski definition) is 4. The maximum Gasteiger partial charge on any atom is 0.252 e. The first kappa shape index (κ1) is 13.1. The van der Waals surface area contributed by atoms with E-state index < -0.39 is 0 Å². The zero-order valence-corrected chi connectivity index (χ0v) is 11.2. The molecule has 0 unspecified atom stereocenters. The summed E-state index contributed by atoms with van der Waals surface area (Å²) in [5.74, 6) is 1.88. The van der Waals surface area contributed by atoms with Crippen molar-refractivity contribution < 1.29 is 4.74 Å². The Hall–Kier alpha value is -1.36. The average molecular weight is 251 g/mol. The van der Waals surface area contributed by atoms with Gasteiger partial charge < -0.3 is 15.0 Å². The first-order valence-corrected chi connectivity index (χ1v) is 6.49. The van der Waals surface area contributed by atoms with Crippen molar-refractivity contribution in [3.05, 3.63) is 22.2 Å². The maximum absolute atomic E-state index is 11.5. The van der Waals surface area contributed by atoms with Gasteiger partial charge in [0.15, 0.2) is 0 Å². The summed E-state index contributed by atoms with van der Waals surface area (Å²) in [4.78, 5) is 18.8. The molecular weight excluding hydrogens is 230 g/mol. The van der Waals surface area contributed by atoms with Crippen LogP contribution in [0.25, 0.3) is 0 Å². The standard InChI is InChI=1S/C13H21N3O2/c1-4-18-13(2,3)8-14-10-7-11(17)16-12(15-10)9-5-6-9/h7,9H,4-6,8H2,1-3H3,(H2,14,15,16,17). The monoisotopic (exact) mass is 251 g/mol. The number of aromatic amines is 1. The number of nitrogens with one attached hydrogen (secondary N) is 2. The van der Waals surface area contributed by atoms with Gasteiger partial charge in [-0.25, -0.2) is 4.98 Å². The SMILES string of the molecule is CCOC(C)(C)CNc1cc(=O)[nH]c(C2CC2)n1. The Morgan fingerprint density at radius 2 is 2.28 bits per heavy atom. The minimum atomic E-state index is -0.265. The molecule has 2 rings (SSSR count). The van der Waals surface area contributed by atoms with Crippen molar-refractivity contribution >= 4 is 5.82 Å². The number of aromatic nitrogens is 2. The van der Waals surface area contributed by atoms with Crippen LogP contribution in [-0.4, -0.2) is 28.7 Å². The van der Waals surface area contributed by atoms with Crippen LogP contribution < -0.4 is 10.9 Å². The normalized spacial score (nSPS) is 15.7. The van der Waals surface area contributed by atoms with Crippen LogP contribution in [0.4, 0.5) is 5.82 Å². The van der Waals surface area contributed by atoms with E-state index in [0.717, 1.165) is 18.7 Å². The van der Waals surface area contributed by atoms with E-state index in [1.165, 1.54) is 6.07 Å². The number of hydrogen-bond donors (Lipinski definition) is 2. The van der Waals surface area contributed by atoms with Crippen LogP contribution in [0.1, 0.15) is 45.4 Å². The highest BCUT2D eigenvalue weighted by Crippen LogP contribution is 2.37. The van der Waals surface area contributed by atoms with Gasteiger partial charge in [0.2, 0.25) is 0 Å². The zero-order valence-electron chi connectivity index (χ0n) is 11.2. The fourth-order valence-corrected chi connectivity index (χ4v) is 1.86. The fraction of sp³-hybridized carbons (Fsp3) is 0.692. The second kappa shape index (κ2) is 5.10. The Kier molecular flexibility index (Phi) is 3.71. The van der Waals surface area contributed by atoms with Crippen LogP contribution in [0.15, 0.2) is 10.9 Å². The molecular formula is C13H21N3O2. The van der Waals surface area contributed by atoms with E-state index in [-0.39, 0.29) is 11.2 Å². The summed E-state index contributed by atoms with van der Waals surface area (Å²) in [5, 5.41) is 3.18. The summed E-state index contributed by atoms with van der Waals surface area (Å²) in [6.45, 7) is 7.29. The fourth-order valence-electron chi connectivity index (χ4n) is 1.86. The van der Waals surface area contributed by atoms with Crippen LogP contribution in [-0.2, 0) is 4.74 Å². The minimum Gasteiger partial charge on any atom is -0.374 e. The summed E-state index contributed by atoms with van der Waals surface area (Å²) in [5.41, 5.74) is -0.359. The van der Waals surface area contributed by atoms with Crippen LogP contribution >= 0.6 is 0 Å². The molecule has 2 N–H and O–H groups in total. The van der Waals surface area contributed by atoms with Crippen LogP contribution in [0.3, 0.4) is 0 Å². The lowest BCUT2D eigenvalue weighted by Crippen LogP contribution is -2.34. The Labute approximate surface area is 107 Å². The van der Waals surface area contributed by atoms with Gasteiger partial charge in [0.1, 0.15) is 11.6 Å². The lowest BCUT2D eigenvalue weighted by atomic mass is 10.1. The average Bonchev–Trinajstić information content (AvgIpc) is 3.09. The molecule has 1 fully saturated rings. The van der Waals surface area contributed by atoms with Crippen LogP contribution in [0, 0.1) is 0 Å². The van der Waals surface area contributed by atoms with Gasteiger partial charge in [-0.3, -0.25) is 4.79 Å². The van der Waals surface area contributed by atoms with E-state index in [9.17, 15) is 4.79 Å². The summed E-state index contributed by atoms with van der Waals surface area (Å²) < 4.78 is 5.60. The molecule has 1 aliphatic rings. The van der Waals surface area contributed by atoms with Crippen molar-refractivity contribution in [2.45, 2.75) is 45.1 Å². The lowest BCUT2D eigenvalue weighted by Gasteiger charge is -2.25. The molecule has 0 atom stereocenters. The third kappa shape index (κ3) is 3.57. The highest BCUT2D eigenvalue weighted by molar-refractivity contribution is 5.34. The predicted octanol–water partition coefficient (Wildman–Crippen LogP) is 1.87. The number of nitrogens with zero attached hydrogens (tertiary/aromatic N) is 1. The Morgan fingerprint density at radius 1 is 1.56 bits per heavy atom. The molecule has 0 aliphatic heterocycles. The van der Waals surface area contributed by atoms with Gasteiger partial charge in [-0.05, 0) is 33.6 Å². The maximum atomic E-state index is 11.5. The van der Waals surface area contributed by atoms with E-state index in [4.69, 9.17) is 4.74 Å². The van der Waals surface area contributed by atoms with E-state index >= 15 is 0 Å². The highest BCUT2D eigenvalue weighted by atomic mass is 16.5. The molecule has 0 bridgehead atoms. The third-order valence-electron chi connectivity index (χ3n) is 2.95. The predicted molar refractivity (Wildman–Crippen MR) is 71.0 cm³/mol. The summed E-state index contributed by atoms with van der Waals surface area (Å²) in [7, 11) is 0. The van der Waals surface area contributed by atoms with Gasteiger partial charge in [-0.15, -0.1) is 0 Å². The van der Waals surface area contributed by atoms with Crippen LogP contribution in [0.5, 0.6) is 0 Å². The van der Waals surface area contributed by atoms with E-state index in [0.29, 0.717) is 24.9 Å². The topological polar surface area (TPSA) is 67.0 Å². The smallest absolute Gasteiger partial charge is 0.252 e. The highest BCUT2D eigenvalue weighted by Gasteiger charge is 2.26. The third-order valence-corrected chi connectivity index (χ3v) is 2.95. The number of H-pyrrole nitrogens is 1. The number of rotatable bonds is 6. The molecule has 100 valence electrons. The van der Waals surface area contributed by atoms with Crippen molar-refractivity contribution in [1.29, 1.82) is 0 Å². The molecule has 1 aliphatic carbocycles. The second-order valence-corrected chi connectivity index (χ2v) is 5.34. The summed E-state index contributed by atoms with van der Waals surface area (Å²) >= 11 is 0. The van der Waals surface area contributed by atoms with Crippen molar-refractivity contribution in [1.82, 2.24) is 9.97 Å². The Morgan fingerprint density at radius 3 is 2.89 bits per heavy atom. The summed E-state index contributed by atoms with van der Waals surface area (Å²) in [6, 6.07) is 1.49. The van der Waals surface area contributed by atoms with Crippen LogP contribution in [0.2, 0.25) is 0 Å². The first-order chi connectivity index (χ1) is 8.50. The lowest BCUT2D eigenvalue weighted by molar-refractivity contribution is 0.000636. The zero-order chi connectivity index (χ0) is 13.2. The second-order valence-electron chi connectivity index (χ2n) is 5.34. The Bertz CT molecular complexity index is 464. The summed E-state index contributed by atoms with van der Waals surface area (Å²) in [6.07, 6.45) is 2.24. The first-order valence-electron chi connectivity index (χ1n) is 6.49. The molecule has 5 heteroatoms. The van der Waals surface area contributed by atoms with Crippen molar-refractivity contribution in [2.75, 3.05) is 18.5 Å². The molecule has 18 heavy (non-hydrogen) atoms. The molecule has 0 aromatic carbocycles. The molecule has 1 saturated carbocycles. The van der Waals surface area contributed by atoms with Gasteiger partial charge in [0.05, 0.1) is 5.60 Å². The molecule has 0 radical (unpaired) electrons. The largest absolute Gasteiger partial charge is 0.374 e. The van der Waals surface area contributed by atoms with E-state index in [1.807, 2.05) is 20.8 Å². The van der Waals surface area contributed by atoms with Crippen molar-refractivity contribution in [2.24, 2.45) is 0 Å². The van der Waals surface area contributed by atoms with Gasteiger partial charge in [0.25, 0.3) is 5.56 Å². The van der Waals surface area contributed by atoms with Gasteiger partial charge in [-0.2, -0.15) is 0 Å². The molecule has 1 aromatic rings. The molecule has 1 aromatic heterocycles.